The zero-order valence-corrected chi connectivity index (χ0v) is 13.5. The van der Waals surface area contributed by atoms with Crippen LogP contribution in [0.2, 0.25) is 0 Å². The Labute approximate surface area is 140 Å². The lowest BCUT2D eigenvalue weighted by Crippen LogP contribution is -2.06. The number of thioether (sulfide) groups is 1. The molecule has 0 aromatic heterocycles. The van der Waals surface area contributed by atoms with Crippen LogP contribution in [0, 0.1) is 0 Å². The summed E-state index contributed by atoms with van der Waals surface area (Å²) in [5.74, 6) is 1.62. The van der Waals surface area contributed by atoms with E-state index in [1.54, 1.807) is 0 Å². The van der Waals surface area contributed by atoms with Crippen LogP contribution in [0.25, 0.3) is 0 Å². The van der Waals surface area contributed by atoms with Gasteiger partial charge in [0.2, 0.25) is 0 Å². The van der Waals surface area contributed by atoms with Crippen molar-refractivity contribution in [3.05, 3.63) is 65.2 Å². The largest absolute Gasteiger partial charge is 0.507 e. The molecule has 0 heterocycles. The smallest absolute Gasteiger partial charge is 0.180 e. The first-order valence-corrected chi connectivity index (χ1v) is 8.57. The third kappa shape index (κ3) is 4.60. The van der Waals surface area contributed by atoms with Gasteiger partial charge in [0, 0.05) is 11.3 Å². The van der Waals surface area contributed by atoms with E-state index < -0.39 is 0 Å². The summed E-state index contributed by atoms with van der Waals surface area (Å²) in [6.07, 6.45) is 3.96. The van der Waals surface area contributed by atoms with Gasteiger partial charge in [-0.25, -0.2) is 0 Å². The van der Waals surface area contributed by atoms with Gasteiger partial charge < -0.3 is 10.8 Å². The number of hydrogen-bond acceptors (Lipinski definition) is 4. The third-order valence-corrected chi connectivity index (χ3v) is 4.54. The molecule has 0 bridgehead atoms. The molecule has 2 aromatic carbocycles. The van der Waals surface area contributed by atoms with Crippen molar-refractivity contribution < 1.29 is 5.11 Å². The molecule has 5 heteroatoms. The van der Waals surface area contributed by atoms with Crippen molar-refractivity contribution in [2.45, 2.75) is 24.5 Å². The van der Waals surface area contributed by atoms with Gasteiger partial charge in [-0.05, 0) is 42.0 Å². The minimum atomic E-state index is 0.240. The number of aromatic hydroxyl groups is 1. The van der Waals surface area contributed by atoms with Gasteiger partial charge in [0.05, 0.1) is 6.21 Å². The maximum absolute atomic E-state index is 10.0. The van der Waals surface area contributed by atoms with E-state index in [0.717, 1.165) is 5.75 Å². The van der Waals surface area contributed by atoms with E-state index in [2.05, 4.69) is 10.2 Å². The topological polar surface area (TPSA) is 71.0 Å². The molecule has 0 aliphatic heterocycles. The van der Waals surface area contributed by atoms with E-state index in [9.17, 15) is 5.11 Å². The second-order valence-corrected chi connectivity index (χ2v) is 6.55. The number of nitrogens with two attached hydrogens (primary N) is 1. The Hall–Kier alpha value is -2.27. The summed E-state index contributed by atoms with van der Waals surface area (Å²) < 4.78 is 0. The molecule has 0 atom stereocenters. The minimum Gasteiger partial charge on any atom is -0.507 e. The molecule has 23 heavy (non-hydrogen) atoms. The van der Waals surface area contributed by atoms with Crippen molar-refractivity contribution in [1.29, 1.82) is 0 Å². The number of phenolic OH excluding ortho intramolecular Hbond substituents is 1. The molecule has 0 unspecified atom stereocenters. The SMILES string of the molecule is NC(=NN=Cc1ccc(C2CC2)cc1O)SCc1ccccc1. The molecule has 2 aromatic rings. The number of rotatable bonds is 5. The van der Waals surface area contributed by atoms with Crippen LogP contribution in [0.5, 0.6) is 5.75 Å². The van der Waals surface area contributed by atoms with Crippen molar-refractivity contribution in [2.24, 2.45) is 15.9 Å². The van der Waals surface area contributed by atoms with Crippen molar-refractivity contribution in [3.63, 3.8) is 0 Å². The first-order chi connectivity index (χ1) is 11.2. The van der Waals surface area contributed by atoms with Gasteiger partial charge in [-0.15, -0.1) is 5.10 Å². The minimum absolute atomic E-state index is 0.240. The molecular formula is C18H19N3OS. The molecule has 3 rings (SSSR count). The Morgan fingerprint density at radius 2 is 2.00 bits per heavy atom. The molecule has 0 saturated heterocycles. The number of nitrogens with zero attached hydrogens (tertiary/aromatic N) is 2. The number of phenols is 1. The Balaban J connectivity index is 1.56. The van der Waals surface area contributed by atoms with Crippen LogP contribution in [-0.2, 0) is 5.75 Å². The summed E-state index contributed by atoms with van der Waals surface area (Å²) in [6.45, 7) is 0. The first-order valence-electron chi connectivity index (χ1n) is 7.58. The molecule has 1 aliphatic rings. The summed E-state index contributed by atoms with van der Waals surface area (Å²) in [6, 6.07) is 15.8. The maximum Gasteiger partial charge on any atom is 0.180 e. The molecule has 4 nitrogen and oxygen atoms in total. The molecular weight excluding hydrogens is 306 g/mol. The highest BCUT2D eigenvalue weighted by molar-refractivity contribution is 8.13. The Morgan fingerprint density at radius 1 is 1.22 bits per heavy atom. The highest BCUT2D eigenvalue weighted by Gasteiger charge is 2.23. The van der Waals surface area contributed by atoms with E-state index in [0.29, 0.717) is 16.6 Å². The molecule has 0 radical (unpaired) electrons. The average Bonchev–Trinajstić information content (AvgIpc) is 3.40. The molecule has 0 amide bonds. The van der Waals surface area contributed by atoms with Crippen LogP contribution in [-0.4, -0.2) is 16.5 Å². The molecule has 3 N–H and O–H groups in total. The van der Waals surface area contributed by atoms with Crippen molar-refractivity contribution in [1.82, 2.24) is 0 Å². The molecule has 118 valence electrons. The quantitative estimate of drug-likeness (QED) is 0.498. The van der Waals surface area contributed by atoms with Gasteiger partial charge in [-0.2, -0.15) is 5.10 Å². The molecule has 1 aliphatic carbocycles. The Morgan fingerprint density at radius 3 is 2.70 bits per heavy atom. The summed E-state index contributed by atoms with van der Waals surface area (Å²) in [5, 5.41) is 18.3. The van der Waals surface area contributed by atoms with Gasteiger partial charge in [0.15, 0.2) is 5.17 Å². The monoisotopic (exact) mass is 325 g/mol. The van der Waals surface area contributed by atoms with Crippen LogP contribution in [0.1, 0.15) is 35.4 Å². The predicted octanol–water partition coefficient (Wildman–Crippen LogP) is 3.85. The fourth-order valence-corrected chi connectivity index (χ4v) is 2.86. The van der Waals surface area contributed by atoms with Gasteiger partial charge in [0.25, 0.3) is 0 Å². The predicted molar refractivity (Wildman–Crippen MR) is 97.0 cm³/mol. The standard InChI is InChI=1S/C18H19N3OS/c19-18(23-12-13-4-2-1-3-5-13)21-20-11-16-9-8-15(10-17(16)22)14-6-7-14/h1-5,8-11,14,22H,6-7,12H2,(H2,19,21). The number of hydrogen-bond donors (Lipinski definition) is 2. The van der Waals surface area contributed by atoms with Crippen LogP contribution < -0.4 is 5.73 Å². The van der Waals surface area contributed by atoms with Crippen LogP contribution in [0.15, 0.2) is 58.7 Å². The summed E-state index contributed by atoms with van der Waals surface area (Å²) in [4.78, 5) is 0. The second-order valence-electron chi connectivity index (χ2n) is 5.55. The third-order valence-electron chi connectivity index (χ3n) is 3.69. The molecule has 1 saturated carbocycles. The van der Waals surface area contributed by atoms with Crippen molar-refractivity contribution in [3.8, 4) is 5.75 Å². The van der Waals surface area contributed by atoms with Gasteiger partial charge >= 0.3 is 0 Å². The van der Waals surface area contributed by atoms with Gasteiger partial charge in [-0.3, -0.25) is 0 Å². The van der Waals surface area contributed by atoms with E-state index in [4.69, 9.17) is 5.73 Å². The summed E-state index contributed by atoms with van der Waals surface area (Å²) >= 11 is 1.43. The Kier molecular flexibility index (Phi) is 4.98. The van der Waals surface area contributed by atoms with Gasteiger partial charge in [0.1, 0.15) is 5.75 Å². The maximum atomic E-state index is 10.0. The lowest BCUT2D eigenvalue weighted by molar-refractivity contribution is 0.473. The van der Waals surface area contributed by atoms with Crippen molar-refractivity contribution >= 4 is 23.1 Å². The molecule has 1 fully saturated rings. The number of amidine groups is 1. The average molecular weight is 325 g/mol. The van der Waals surface area contributed by atoms with E-state index in [1.807, 2.05) is 48.5 Å². The van der Waals surface area contributed by atoms with Gasteiger partial charge in [-0.1, -0.05) is 48.2 Å². The number of benzene rings is 2. The lowest BCUT2D eigenvalue weighted by atomic mass is 10.1. The fourth-order valence-electron chi connectivity index (χ4n) is 2.25. The highest BCUT2D eigenvalue weighted by Crippen LogP contribution is 2.41. The second kappa shape index (κ2) is 7.33. The first kappa shape index (κ1) is 15.6. The Bertz CT molecular complexity index is 724. The zero-order chi connectivity index (χ0) is 16.1. The summed E-state index contributed by atoms with van der Waals surface area (Å²) in [5.41, 5.74) is 8.87. The normalized spacial score (nSPS) is 15.2. The van der Waals surface area contributed by atoms with Crippen LogP contribution >= 0.6 is 11.8 Å². The van der Waals surface area contributed by atoms with E-state index in [-0.39, 0.29) is 5.75 Å². The van der Waals surface area contributed by atoms with Crippen LogP contribution in [0.3, 0.4) is 0 Å². The van der Waals surface area contributed by atoms with E-state index in [1.165, 1.54) is 41.9 Å². The lowest BCUT2D eigenvalue weighted by Gasteiger charge is -2.02. The highest BCUT2D eigenvalue weighted by atomic mass is 32.2. The van der Waals surface area contributed by atoms with Crippen molar-refractivity contribution in [2.75, 3.05) is 0 Å². The molecule has 0 spiro atoms. The van der Waals surface area contributed by atoms with Crippen LogP contribution in [0.4, 0.5) is 0 Å². The fraction of sp³-hybridized carbons (Fsp3) is 0.222. The zero-order valence-electron chi connectivity index (χ0n) is 12.7. The van der Waals surface area contributed by atoms with E-state index >= 15 is 0 Å². The summed E-state index contributed by atoms with van der Waals surface area (Å²) in [7, 11) is 0.